The average Bonchev–Trinajstić information content (AvgIpc) is 2.42. The minimum absolute atomic E-state index is 0.491. The Morgan fingerprint density at radius 2 is 1.65 bits per heavy atom. The summed E-state index contributed by atoms with van der Waals surface area (Å²) in [5.41, 5.74) is 0. The van der Waals surface area contributed by atoms with Crippen LogP contribution in [0.25, 0.3) is 0 Å². The molecule has 0 unspecified atom stereocenters. The minimum atomic E-state index is 0.491. The van der Waals surface area contributed by atoms with E-state index in [9.17, 15) is 0 Å². The van der Waals surface area contributed by atoms with E-state index >= 15 is 0 Å². The first kappa shape index (κ1) is 12.6. The van der Waals surface area contributed by atoms with E-state index in [1.807, 2.05) is 4.90 Å². The fraction of sp³-hybridized carbons (Fsp3) is 0.800. The molecule has 0 amide bonds. The molecule has 17 heavy (non-hydrogen) atoms. The van der Waals surface area contributed by atoms with E-state index in [4.69, 9.17) is 14.7 Å². The van der Waals surface area contributed by atoms with E-state index in [1.165, 1.54) is 12.1 Å². The summed E-state index contributed by atoms with van der Waals surface area (Å²) in [5.74, 6) is 0.491. The third kappa shape index (κ3) is 3.85. The Kier molecular flexibility index (Phi) is 5.07. The lowest BCUT2D eigenvalue weighted by molar-refractivity contribution is 0.0686. The largest absolute Gasteiger partial charge is 0.379 e. The van der Waals surface area contributed by atoms with Gasteiger partial charge in [-0.15, -0.1) is 0 Å². The maximum absolute atomic E-state index is 9.09. The van der Waals surface area contributed by atoms with Gasteiger partial charge in [-0.05, 0) is 0 Å². The van der Waals surface area contributed by atoms with Crippen LogP contribution in [0.15, 0.2) is 4.40 Å². The summed E-state index contributed by atoms with van der Waals surface area (Å²) in [6.07, 6.45) is 0. The van der Waals surface area contributed by atoms with Gasteiger partial charge in [0.05, 0.1) is 38.6 Å². The number of nitrogens with zero attached hydrogens (tertiary/aromatic N) is 4. The molecule has 0 aromatic carbocycles. The lowest BCUT2D eigenvalue weighted by Crippen LogP contribution is -2.40. The van der Waals surface area contributed by atoms with Crippen LogP contribution in [0, 0.1) is 11.3 Å². The van der Waals surface area contributed by atoms with Crippen LogP contribution in [0.1, 0.15) is 0 Å². The zero-order valence-electron chi connectivity index (χ0n) is 9.67. The number of amidine groups is 1. The second-order valence-electron chi connectivity index (χ2n) is 3.75. The molecule has 2 rings (SSSR count). The molecular weight excluding hydrogens is 240 g/mol. The fourth-order valence-electron chi connectivity index (χ4n) is 1.65. The van der Waals surface area contributed by atoms with Gasteiger partial charge in [0, 0.05) is 26.2 Å². The number of hydrogen-bond donors (Lipinski definition) is 0. The number of hydrogen-bond acceptors (Lipinski definition) is 6. The molecule has 0 spiro atoms. The van der Waals surface area contributed by atoms with Gasteiger partial charge in [-0.3, -0.25) is 0 Å². The van der Waals surface area contributed by atoms with Crippen LogP contribution < -0.4 is 0 Å². The molecule has 0 saturated carbocycles. The predicted molar refractivity (Wildman–Crippen MR) is 65.4 cm³/mol. The lowest BCUT2D eigenvalue weighted by atomic mass is 10.4. The predicted octanol–water partition coefficient (Wildman–Crippen LogP) is 0.136. The number of morpholine rings is 2. The zero-order chi connectivity index (χ0) is 11.9. The lowest BCUT2D eigenvalue weighted by Gasteiger charge is -2.27. The molecule has 2 saturated heterocycles. The second kappa shape index (κ2) is 6.81. The first-order valence-electron chi connectivity index (χ1n) is 5.71. The van der Waals surface area contributed by atoms with Crippen molar-refractivity contribution in [1.82, 2.24) is 9.21 Å². The number of ether oxygens (including phenoxy) is 2. The van der Waals surface area contributed by atoms with Crippen LogP contribution in [0.2, 0.25) is 0 Å². The van der Waals surface area contributed by atoms with Crippen molar-refractivity contribution in [3.05, 3.63) is 0 Å². The summed E-state index contributed by atoms with van der Waals surface area (Å²) in [5, 5.41) is 9.09. The van der Waals surface area contributed by atoms with Gasteiger partial charge in [0.15, 0.2) is 0 Å². The maximum Gasteiger partial charge on any atom is 0.217 e. The van der Waals surface area contributed by atoms with E-state index in [0.717, 1.165) is 39.4 Å². The number of nitriles is 1. The SMILES string of the molecule is N#CC(=NSN1CCOCC1)N1CCOCC1. The highest BCUT2D eigenvalue weighted by Gasteiger charge is 2.16. The van der Waals surface area contributed by atoms with Crippen molar-refractivity contribution in [2.45, 2.75) is 0 Å². The number of rotatable bonds is 2. The molecule has 2 fully saturated rings. The molecule has 6 nitrogen and oxygen atoms in total. The van der Waals surface area contributed by atoms with Crippen LogP contribution in [0.4, 0.5) is 0 Å². The van der Waals surface area contributed by atoms with Gasteiger partial charge < -0.3 is 14.4 Å². The first-order chi connectivity index (χ1) is 8.40. The highest BCUT2D eigenvalue weighted by Crippen LogP contribution is 2.14. The van der Waals surface area contributed by atoms with Crippen molar-refractivity contribution >= 4 is 18.0 Å². The van der Waals surface area contributed by atoms with E-state index in [1.54, 1.807) is 0 Å². The summed E-state index contributed by atoms with van der Waals surface area (Å²) < 4.78 is 16.9. The fourth-order valence-corrected chi connectivity index (χ4v) is 2.31. The van der Waals surface area contributed by atoms with Gasteiger partial charge in [-0.25, -0.2) is 4.31 Å². The van der Waals surface area contributed by atoms with Gasteiger partial charge in [0.1, 0.15) is 6.07 Å². The van der Waals surface area contributed by atoms with Crippen molar-refractivity contribution in [2.24, 2.45) is 4.40 Å². The molecule has 2 heterocycles. The molecule has 0 aromatic rings. The highest BCUT2D eigenvalue weighted by atomic mass is 32.2. The zero-order valence-corrected chi connectivity index (χ0v) is 10.5. The molecule has 0 aliphatic carbocycles. The summed E-state index contributed by atoms with van der Waals surface area (Å²) in [7, 11) is 0. The second-order valence-corrected chi connectivity index (χ2v) is 4.61. The van der Waals surface area contributed by atoms with E-state index in [-0.39, 0.29) is 0 Å². The van der Waals surface area contributed by atoms with Crippen LogP contribution in [-0.4, -0.2) is 67.6 Å². The van der Waals surface area contributed by atoms with Gasteiger partial charge in [-0.1, -0.05) is 0 Å². The third-order valence-electron chi connectivity index (χ3n) is 2.62. The van der Waals surface area contributed by atoms with Gasteiger partial charge >= 0.3 is 0 Å². The highest BCUT2D eigenvalue weighted by molar-refractivity contribution is 7.95. The first-order valence-corrected chi connectivity index (χ1v) is 6.44. The Balaban J connectivity index is 1.85. The summed E-state index contributed by atoms with van der Waals surface area (Å²) in [6, 6.07) is 2.15. The van der Waals surface area contributed by atoms with Crippen molar-refractivity contribution in [3.63, 3.8) is 0 Å². The molecule has 0 N–H and O–H groups in total. The average molecular weight is 256 g/mol. The van der Waals surface area contributed by atoms with E-state index in [0.29, 0.717) is 19.0 Å². The van der Waals surface area contributed by atoms with E-state index < -0.39 is 0 Å². The molecule has 7 heteroatoms. The Morgan fingerprint density at radius 3 is 2.24 bits per heavy atom. The summed E-state index contributed by atoms with van der Waals surface area (Å²) >= 11 is 1.36. The Bertz CT molecular complexity index is 306. The topological polar surface area (TPSA) is 61.1 Å². The van der Waals surface area contributed by atoms with Gasteiger partial charge in [0.25, 0.3) is 0 Å². The van der Waals surface area contributed by atoms with Gasteiger partial charge in [0.2, 0.25) is 5.84 Å². The van der Waals surface area contributed by atoms with Crippen LogP contribution in [0.5, 0.6) is 0 Å². The molecule has 0 aromatic heterocycles. The molecular formula is C10H16N4O2S. The molecule has 2 aliphatic rings. The van der Waals surface area contributed by atoms with Crippen LogP contribution in [0.3, 0.4) is 0 Å². The maximum atomic E-state index is 9.09. The van der Waals surface area contributed by atoms with Crippen molar-refractivity contribution in [3.8, 4) is 6.07 Å². The quantitative estimate of drug-likeness (QED) is 0.398. The molecule has 94 valence electrons. The van der Waals surface area contributed by atoms with Crippen molar-refractivity contribution in [1.29, 1.82) is 5.26 Å². The van der Waals surface area contributed by atoms with Gasteiger partial charge in [-0.2, -0.15) is 9.66 Å². The Hall–Kier alpha value is -0.810. The summed E-state index contributed by atoms with van der Waals surface area (Å²) in [6.45, 7) is 6.02. The molecule has 0 bridgehead atoms. The normalized spacial score (nSPS) is 23.5. The standard InChI is InChI=1S/C10H16N4O2S/c11-9-10(13-1-5-15-6-2-13)12-17-14-3-7-16-8-4-14/h1-8H2. The molecule has 0 atom stereocenters. The van der Waals surface area contributed by atoms with E-state index in [2.05, 4.69) is 14.8 Å². The molecule has 2 aliphatic heterocycles. The smallest absolute Gasteiger partial charge is 0.217 e. The summed E-state index contributed by atoms with van der Waals surface area (Å²) in [4.78, 5) is 1.97. The Labute approximate surface area is 105 Å². The van der Waals surface area contributed by atoms with Crippen molar-refractivity contribution < 1.29 is 9.47 Å². The third-order valence-corrected chi connectivity index (χ3v) is 3.47. The van der Waals surface area contributed by atoms with Crippen LogP contribution >= 0.6 is 12.1 Å². The monoisotopic (exact) mass is 256 g/mol. The minimum Gasteiger partial charge on any atom is -0.379 e. The molecule has 0 radical (unpaired) electrons. The Morgan fingerprint density at radius 1 is 1.06 bits per heavy atom. The van der Waals surface area contributed by atoms with Crippen LogP contribution in [-0.2, 0) is 9.47 Å². The van der Waals surface area contributed by atoms with Crippen molar-refractivity contribution in [2.75, 3.05) is 52.6 Å².